The maximum atomic E-state index is 12.6. The molecule has 8 heteroatoms. The number of halogens is 1. The number of aromatic nitrogens is 2. The molecule has 0 aliphatic carbocycles. The Hall–Kier alpha value is -0.890. The van der Waals surface area contributed by atoms with E-state index in [1.165, 1.54) is 4.31 Å². The second kappa shape index (κ2) is 5.85. The van der Waals surface area contributed by atoms with Crippen LogP contribution in [0.25, 0.3) is 0 Å². The van der Waals surface area contributed by atoms with E-state index < -0.39 is 10.0 Å². The summed E-state index contributed by atoms with van der Waals surface area (Å²) >= 11 is 7.06. The van der Waals surface area contributed by atoms with Crippen LogP contribution in [0.2, 0.25) is 4.34 Å². The number of nitrogens with zero attached hydrogens (tertiary/aromatic N) is 3. The van der Waals surface area contributed by atoms with Gasteiger partial charge in [-0.2, -0.15) is 9.40 Å². The number of hydrogen-bond acceptors (Lipinski definition) is 4. The molecule has 0 radical (unpaired) electrons. The first-order valence-corrected chi connectivity index (χ1v) is 8.71. The van der Waals surface area contributed by atoms with Gasteiger partial charge in [-0.3, -0.25) is 4.68 Å². The number of thiophene rings is 1. The lowest BCUT2D eigenvalue weighted by Gasteiger charge is -2.18. The predicted molar refractivity (Wildman–Crippen MR) is 80.5 cm³/mol. The second-order valence-corrected chi connectivity index (χ2v) is 8.29. The lowest BCUT2D eigenvalue weighted by Crippen LogP contribution is -2.29. The van der Waals surface area contributed by atoms with E-state index in [0.29, 0.717) is 17.4 Å². The Morgan fingerprint density at radius 3 is 2.65 bits per heavy atom. The van der Waals surface area contributed by atoms with Crippen molar-refractivity contribution in [2.24, 2.45) is 7.05 Å². The zero-order valence-corrected chi connectivity index (χ0v) is 13.9. The summed E-state index contributed by atoms with van der Waals surface area (Å²) in [5.41, 5.74) is 1.64. The molecular formula is C12H16ClN3O2S2. The van der Waals surface area contributed by atoms with Gasteiger partial charge in [-0.05, 0) is 18.6 Å². The molecule has 0 fully saturated rings. The van der Waals surface area contributed by atoms with Gasteiger partial charge in [0.25, 0.3) is 10.0 Å². The van der Waals surface area contributed by atoms with Gasteiger partial charge in [0.2, 0.25) is 0 Å². The van der Waals surface area contributed by atoms with Gasteiger partial charge in [0.1, 0.15) is 4.21 Å². The molecular weight excluding hydrogens is 318 g/mol. The van der Waals surface area contributed by atoms with Gasteiger partial charge in [0.15, 0.2) is 0 Å². The number of hydrogen-bond donors (Lipinski definition) is 0. The van der Waals surface area contributed by atoms with Crippen molar-refractivity contribution in [1.29, 1.82) is 0 Å². The fourth-order valence-corrected chi connectivity index (χ4v) is 5.11. The van der Waals surface area contributed by atoms with Gasteiger partial charge < -0.3 is 0 Å². The monoisotopic (exact) mass is 333 g/mol. The van der Waals surface area contributed by atoms with E-state index in [1.54, 1.807) is 30.9 Å². The first kappa shape index (κ1) is 15.5. The average Bonchev–Trinajstić information content (AvgIpc) is 2.94. The third kappa shape index (κ3) is 3.06. The van der Waals surface area contributed by atoms with Crippen LogP contribution in [-0.2, 0) is 23.6 Å². The molecule has 0 saturated heterocycles. The molecule has 0 aliphatic rings. The van der Waals surface area contributed by atoms with Crippen molar-refractivity contribution < 1.29 is 8.42 Å². The zero-order valence-electron chi connectivity index (χ0n) is 11.5. The van der Waals surface area contributed by atoms with Crippen LogP contribution in [0.3, 0.4) is 0 Å². The van der Waals surface area contributed by atoms with Gasteiger partial charge in [-0.25, -0.2) is 8.42 Å². The van der Waals surface area contributed by atoms with E-state index in [0.717, 1.165) is 22.5 Å². The van der Waals surface area contributed by atoms with Crippen molar-refractivity contribution in [2.75, 3.05) is 6.54 Å². The van der Waals surface area contributed by atoms with Crippen LogP contribution >= 0.6 is 22.9 Å². The van der Waals surface area contributed by atoms with Crippen molar-refractivity contribution in [3.8, 4) is 0 Å². The molecule has 2 aromatic rings. The summed E-state index contributed by atoms with van der Waals surface area (Å²) in [6.45, 7) is 4.32. The maximum absolute atomic E-state index is 12.6. The number of rotatable bonds is 5. The highest BCUT2D eigenvalue weighted by atomic mass is 35.5. The van der Waals surface area contributed by atoms with E-state index in [9.17, 15) is 8.42 Å². The number of sulfonamides is 1. The van der Waals surface area contributed by atoms with E-state index in [1.807, 2.05) is 13.1 Å². The summed E-state index contributed by atoms with van der Waals surface area (Å²) in [7, 11) is -1.71. The van der Waals surface area contributed by atoms with Gasteiger partial charge in [-0.15, -0.1) is 11.3 Å². The van der Waals surface area contributed by atoms with Crippen LogP contribution in [0.5, 0.6) is 0 Å². The summed E-state index contributed by atoms with van der Waals surface area (Å²) in [6.07, 6.45) is 3.48. The highest BCUT2D eigenvalue weighted by Gasteiger charge is 2.26. The van der Waals surface area contributed by atoms with E-state index in [-0.39, 0.29) is 4.21 Å². The maximum Gasteiger partial charge on any atom is 0.252 e. The normalized spacial score (nSPS) is 12.2. The Bertz CT molecular complexity index is 687. The summed E-state index contributed by atoms with van der Waals surface area (Å²) in [5, 5.41) is 4.05. The second-order valence-electron chi connectivity index (χ2n) is 4.48. The molecule has 0 N–H and O–H groups in total. The Morgan fingerprint density at radius 1 is 1.50 bits per heavy atom. The van der Waals surface area contributed by atoms with Crippen LogP contribution in [0, 0.1) is 6.92 Å². The molecule has 2 heterocycles. The van der Waals surface area contributed by atoms with Crippen LogP contribution in [0.15, 0.2) is 22.7 Å². The fraction of sp³-hybridized carbons (Fsp3) is 0.417. The fourth-order valence-electron chi connectivity index (χ4n) is 1.81. The van der Waals surface area contributed by atoms with Crippen LogP contribution in [-0.4, -0.2) is 29.0 Å². The minimum absolute atomic E-state index is 0.283. The number of aryl methyl sites for hydroxylation is 2. The Balaban J connectivity index is 2.30. The first-order chi connectivity index (χ1) is 9.34. The quantitative estimate of drug-likeness (QED) is 0.845. The highest BCUT2D eigenvalue weighted by Crippen LogP contribution is 2.32. The highest BCUT2D eigenvalue weighted by molar-refractivity contribution is 7.91. The zero-order chi connectivity index (χ0) is 14.9. The minimum Gasteiger partial charge on any atom is -0.275 e. The van der Waals surface area contributed by atoms with E-state index in [2.05, 4.69) is 5.10 Å². The molecule has 2 rings (SSSR count). The lowest BCUT2D eigenvalue weighted by molar-refractivity contribution is 0.424. The first-order valence-electron chi connectivity index (χ1n) is 6.08. The minimum atomic E-state index is -3.51. The molecule has 0 atom stereocenters. The average molecular weight is 334 g/mol. The molecule has 0 unspecified atom stereocenters. The van der Waals surface area contributed by atoms with Gasteiger partial charge in [-0.1, -0.05) is 18.5 Å². The van der Waals surface area contributed by atoms with Crippen molar-refractivity contribution in [3.05, 3.63) is 33.9 Å². The Morgan fingerprint density at radius 2 is 2.20 bits per heavy atom. The van der Waals surface area contributed by atoms with Gasteiger partial charge in [0, 0.05) is 31.9 Å². The largest absolute Gasteiger partial charge is 0.275 e. The summed E-state index contributed by atoms with van der Waals surface area (Å²) in [5.74, 6) is 0. The third-order valence-electron chi connectivity index (χ3n) is 2.90. The predicted octanol–water partition coefficient (Wildman–Crippen LogP) is 2.65. The molecule has 2 aromatic heterocycles. The molecule has 0 bridgehead atoms. The topological polar surface area (TPSA) is 55.2 Å². The smallest absolute Gasteiger partial charge is 0.252 e. The van der Waals surface area contributed by atoms with Gasteiger partial charge in [0.05, 0.1) is 10.5 Å². The third-order valence-corrected chi connectivity index (χ3v) is 6.82. The van der Waals surface area contributed by atoms with Crippen LogP contribution in [0.1, 0.15) is 18.1 Å². The van der Waals surface area contributed by atoms with Gasteiger partial charge >= 0.3 is 0 Å². The molecule has 5 nitrogen and oxygen atoms in total. The van der Waals surface area contributed by atoms with Crippen LogP contribution in [0.4, 0.5) is 0 Å². The molecule has 20 heavy (non-hydrogen) atoms. The summed E-state index contributed by atoms with van der Waals surface area (Å²) in [6, 6.07) is 1.62. The molecule has 110 valence electrons. The van der Waals surface area contributed by atoms with Crippen molar-refractivity contribution in [1.82, 2.24) is 14.1 Å². The molecule has 0 spiro atoms. The molecule has 0 amide bonds. The Kier molecular flexibility index (Phi) is 4.53. The SMILES string of the molecule is CCN(Cc1cnn(C)c1)S(=O)(=O)c1cc(C)c(Cl)s1. The van der Waals surface area contributed by atoms with Crippen molar-refractivity contribution in [2.45, 2.75) is 24.6 Å². The van der Waals surface area contributed by atoms with Crippen molar-refractivity contribution >= 4 is 33.0 Å². The standard InChI is InChI=1S/C12H16ClN3O2S2/c1-4-16(8-10-6-14-15(3)7-10)20(17,18)11-5-9(2)12(13)19-11/h5-7H,4,8H2,1-3H3. The van der Waals surface area contributed by atoms with E-state index in [4.69, 9.17) is 11.6 Å². The summed E-state index contributed by atoms with van der Waals surface area (Å²) in [4.78, 5) is 0. The van der Waals surface area contributed by atoms with Crippen LogP contribution < -0.4 is 0 Å². The molecule has 0 aliphatic heterocycles. The molecule has 0 saturated carbocycles. The summed E-state index contributed by atoms with van der Waals surface area (Å²) < 4.78 is 29.1. The van der Waals surface area contributed by atoms with E-state index >= 15 is 0 Å². The lowest BCUT2D eigenvalue weighted by atomic mass is 10.3. The van der Waals surface area contributed by atoms with Crippen molar-refractivity contribution in [3.63, 3.8) is 0 Å². The molecule has 0 aromatic carbocycles. The Labute approximate surface area is 127 Å².